The normalized spacial score (nSPS) is 11.2. The van der Waals surface area contributed by atoms with E-state index in [1.807, 2.05) is 64.2 Å². The molecule has 6 N–H and O–H groups in total. The summed E-state index contributed by atoms with van der Waals surface area (Å²) in [5.41, 5.74) is 12.3. The van der Waals surface area contributed by atoms with E-state index in [1.165, 1.54) is 17.3 Å². The predicted octanol–water partition coefficient (Wildman–Crippen LogP) is 5.25. The summed E-state index contributed by atoms with van der Waals surface area (Å²) in [6, 6.07) is 16.6. The molecule has 1 amide bonds. The van der Waals surface area contributed by atoms with Crippen molar-refractivity contribution in [3.8, 4) is 11.1 Å². The number of hydrogen-bond donors (Lipinski definition) is 5. The number of aryl methyl sites for hydroxylation is 1. The van der Waals surface area contributed by atoms with Crippen LogP contribution < -0.4 is 21.7 Å². The minimum atomic E-state index is -0.101. The van der Waals surface area contributed by atoms with E-state index in [2.05, 4.69) is 53.7 Å². The third kappa shape index (κ3) is 11.8. The van der Waals surface area contributed by atoms with Crippen molar-refractivity contribution >= 4 is 11.6 Å². The van der Waals surface area contributed by atoms with E-state index in [9.17, 15) is 4.79 Å². The molecular weight excluding hydrogens is 436 g/mol. The molecule has 0 bridgehead atoms. The van der Waals surface area contributed by atoms with Crippen molar-refractivity contribution < 1.29 is 9.90 Å². The molecular formula is C29H42N4O2. The fourth-order valence-electron chi connectivity index (χ4n) is 2.86. The number of carbonyl (C=O) groups excluding carboxylic acids is 1. The average Bonchev–Trinajstić information content (AvgIpc) is 2.91. The Balaban J connectivity index is 0.00000126. The highest BCUT2D eigenvalue weighted by molar-refractivity contribution is 5.96. The Morgan fingerprint density at radius 2 is 1.77 bits per heavy atom. The van der Waals surface area contributed by atoms with Crippen molar-refractivity contribution in [2.75, 3.05) is 26.1 Å². The number of rotatable bonds is 9. The molecule has 0 saturated carbocycles. The van der Waals surface area contributed by atoms with Crippen molar-refractivity contribution in [3.63, 3.8) is 0 Å². The Labute approximate surface area is 211 Å². The van der Waals surface area contributed by atoms with Gasteiger partial charge in [-0.2, -0.15) is 0 Å². The van der Waals surface area contributed by atoms with Gasteiger partial charge in [0.05, 0.1) is 6.67 Å². The van der Waals surface area contributed by atoms with Gasteiger partial charge in [0, 0.05) is 37.3 Å². The fraction of sp³-hybridized carbons (Fsp3) is 0.276. The minimum Gasteiger partial charge on any atom is -0.403 e. The van der Waals surface area contributed by atoms with E-state index >= 15 is 0 Å². The highest BCUT2D eigenvalue weighted by Gasteiger charge is 2.07. The van der Waals surface area contributed by atoms with E-state index < -0.39 is 0 Å². The lowest BCUT2D eigenvalue weighted by molar-refractivity contribution is -0.117. The number of allylic oxidation sites excluding steroid dienone is 4. The molecule has 0 saturated heterocycles. The number of benzene rings is 2. The Morgan fingerprint density at radius 1 is 1.11 bits per heavy atom. The maximum atomic E-state index is 12.4. The highest BCUT2D eigenvalue weighted by atomic mass is 16.2. The quantitative estimate of drug-likeness (QED) is 0.193. The summed E-state index contributed by atoms with van der Waals surface area (Å²) < 4.78 is 0. The van der Waals surface area contributed by atoms with Crippen molar-refractivity contribution in [2.45, 2.75) is 34.1 Å². The van der Waals surface area contributed by atoms with Gasteiger partial charge in [-0.25, -0.2) is 0 Å². The first-order valence-corrected chi connectivity index (χ1v) is 11.6. The van der Waals surface area contributed by atoms with Crippen molar-refractivity contribution in [3.05, 3.63) is 102 Å². The summed E-state index contributed by atoms with van der Waals surface area (Å²) in [5.74, 6) is -0.101. The van der Waals surface area contributed by atoms with Crippen molar-refractivity contribution in [1.29, 1.82) is 0 Å². The van der Waals surface area contributed by atoms with Crippen LogP contribution in [0.25, 0.3) is 11.1 Å². The van der Waals surface area contributed by atoms with Gasteiger partial charge in [-0.1, -0.05) is 62.1 Å². The smallest absolute Gasteiger partial charge is 0.252 e. The number of aliphatic hydroxyl groups is 1. The molecule has 190 valence electrons. The second-order valence-electron chi connectivity index (χ2n) is 7.38. The van der Waals surface area contributed by atoms with E-state index in [1.54, 1.807) is 6.08 Å². The maximum absolute atomic E-state index is 12.4. The lowest BCUT2D eigenvalue weighted by Crippen LogP contribution is -2.30. The van der Waals surface area contributed by atoms with Crippen LogP contribution in [0.5, 0.6) is 0 Å². The van der Waals surface area contributed by atoms with Crippen LogP contribution in [0.15, 0.2) is 96.4 Å². The molecule has 2 aromatic carbocycles. The van der Waals surface area contributed by atoms with E-state index in [0.29, 0.717) is 12.2 Å². The molecule has 6 nitrogen and oxygen atoms in total. The van der Waals surface area contributed by atoms with Crippen LogP contribution in [0.2, 0.25) is 0 Å². The molecule has 0 spiro atoms. The van der Waals surface area contributed by atoms with Gasteiger partial charge in [0.1, 0.15) is 0 Å². The molecule has 2 aromatic rings. The summed E-state index contributed by atoms with van der Waals surface area (Å²) >= 11 is 0. The van der Waals surface area contributed by atoms with Crippen LogP contribution >= 0.6 is 0 Å². The van der Waals surface area contributed by atoms with Crippen LogP contribution in [0.4, 0.5) is 5.69 Å². The number of anilines is 1. The summed E-state index contributed by atoms with van der Waals surface area (Å²) in [6.07, 6.45) is 7.85. The largest absolute Gasteiger partial charge is 0.403 e. The topological polar surface area (TPSA) is 99.4 Å². The first-order valence-electron chi connectivity index (χ1n) is 11.6. The third-order valence-corrected chi connectivity index (χ3v) is 5.09. The number of amides is 1. The molecule has 0 heterocycles. The summed E-state index contributed by atoms with van der Waals surface area (Å²) in [5, 5.41) is 16.0. The first-order chi connectivity index (χ1) is 16.9. The lowest BCUT2D eigenvalue weighted by Gasteiger charge is -2.13. The maximum Gasteiger partial charge on any atom is 0.252 e. The molecule has 0 aromatic heterocycles. The lowest BCUT2D eigenvalue weighted by atomic mass is 10.0. The van der Waals surface area contributed by atoms with Crippen LogP contribution in [-0.2, 0) is 4.79 Å². The van der Waals surface area contributed by atoms with Gasteiger partial charge in [-0.3, -0.25) is 4.79 Å². The minimum absolute atomic E-state index is 0.101. The third-order valence-electron chi connectivity index (χ3n) is 5.09. The van der Waals surface area contributed by atoms with Crippen LogP contribution in [0.1, 0.15) is 32.8 Å². The van der Waals surface area contributed by atoms with Gasteiger partial charge in [0.25, 0.3) is 5.91 Å². The van der Waals surface area contributed by atoms with E-state index in [4.69, 9.17) is 10.8 Å². The molecule has 0 aliphatic carbocycles. The number of nitrogens with one attached hydrogen (secondary N) is 3. The van der Waals surface area contributed by atoms with Gasteiger partial charge in [-0.05, 0) is 67.7 Å². The Kier molecular flexibility index (Phi) is 16.6. The summed E-state index contributed by atoms with van der Waals surface area (Å²) in [6.45, 7) is 12.0. The highest BCUT2D eigenvalue weighted by Crippen LogP contribution is 2.24. The van der Waals surface area contributed by atoms with E-state index in [0.717, 1.165) is 36.1 Å². The van der Waals surface area contributed by atoms with Gasteiger partial charge in [0.2, 0.25) is 0 Å². The Hall–Kier alpha value is -3.77. The zero-order valence-corrected chi connectivity index (χ0v) is 22.0. The number of aliphatic hydroxyl groups excluding tert-OH is 1. The molecule has 0 unspecified atom stereocenters. The first kappa shape index (κ1) is 31.2. The molecule has 35 heavy (non-hydrogen) atoms. The fourth-order valence-corrected chi connectivity index (χ4v) is 2.86. The SMILES string of the molecule is C=C/C(=C\C(=C/C)C(=O)NCNc1ccc(-c2ccccc2)cc1C)CC.CN/C(C)=C\N.CO. The molecule has 0 fully saturated rings. The molecule has 0 aliphatic rings. The number of nitrogens with two attached hydrogens (primary N) is 1. The summed E-state index contributed by atoms with van der Waals surface area (Å²) in [7, 11) is 2.83. The second-order valence-corrected chi connectivity index (χ2v) is 7.38. The average molecular weight is 479 g/mol. The molecule has 6 heteroatoms. The summed E-state index contributed by atoms with van der Waals surface area (Å²) in [4.78, 5) is 12.4. The Bertz CT molecular complexity index is 993. The van der Waals surface area contributed by atoms with Gasteiger partial charge in [-0.15, -0.1) is 0 Å². The van der Waals surface area contributed by atoms with Crippen LogP contribution in [-0.4, -0.2) is 31.8 Å². The standard InChI is InChI=1S/C24H28N2O.C4H10N2.CH4O/c1-5-19(6-2)16-20(7-3)24(27)26-17-25-23-14-13-22(15-18(23)4)21-11-9-8-10-12-21;1-4(3-5)6-2;1-2/h5,7-16,25H,1,6,17H2,2-4H3,(H,26,27);3,6H,5H2,1-2H3;2H,1H3/b19-16+,20-7+;4-3-;. The molecule has 2 rings (SSSR count). The van der Waals surface area contributed by atoms with Crippen molar-refractivity contribution in [1.82, 2.24) is 10.6 Å². The van der Waals surface area contributed by atoms with Gasteiger partial charge < -0.3 is 26.8 Å². The number of hydrogen-bond acceptors (Lipinski definition) is 5. The van der Waals surface area contributed by atoms with Gasteiger partial charge >= 0.3 is 0 Å². The van der Waals surface area contributed by atoms with Crippen LogP contribution in [0, 0.1) is 6.92 Å². The Morgan fingerprint density at radius 3 is 2.23 bits per heavy atom. The monoisotopic (exact) mass is 478 g/mol. The van der Waals surface area contributed by atoms with Crippen molar-refractivity contribution in [2.24, 2.45) is 5.73 Å². The zero-order valence-electron chi connectivity index (χ0n) is 22.0. The second kappa shape index (κ2) is 18.6. The van der Waals surface area contributed by atoms with E-state index in [-0.39, 0.29) is 5.91 Å². The van der Waals surface area contributed by atoms with Crippen LogP contribution in [0.3, 0.4) is 0 Å². The molecule has 0 atom stereocenters. The predicted molar refractivity (Wildman–Crippen MR) is 151 cm³/mol. The molecule has 0 radical (unpaired) electrons. The molecule has 0 aliphatic heterocycles. The number of carbonyl (C=O) groups is 1. The zero-order chi connectivity index (χ0) is 26.6. The van der Waals surface area contributed by atoms with Gasteiger partial charge in [0.15, 0.2) is 0 Å².